The number of rotatable bonds is 8. The van der Waals surface area contributed by atoms with Gasteiger partial charge in [-0.2, -0.15) is 10.1 Å². The molecule has 0 saturated carbocycles. The minimum Gasteiger partial charge on any atom is -0.493 e. The standard InChI is InChI=1S/C25H21ClF3N5O5/c1-3-18-22(15-6-10-19(37-2)20(12-15)39-25(27,28)29)33-34(24(36)38-18)13-14-4-7-16(8-5-14)30-23(35)17-9-11-21(26)32-31-17/h4-12,18H,3,13H2,1-2H3,(H,30,35). The molecule has 2 heterocycles. The summed E-state index contributed by atoms with van der Waals surface area (Å²) < 4.78 is 53.3. The number of carbonyl (C=O) groups is 2. The molecule has 1 N–H and O–H groups in total. The number of nitrogens with one attached hydrogen (secondary N) is 1. The van der Waals surface area contributed by atoms with Gasteiger partial charge in [0.1, 0.15) is 11.8 Å². The number of ether oxygens (including phenoxy) is 3. The van der Waals surface area contributed by atoms with Gasteiger partial charge in [0, 0.05) is 11.3 Å². The normalized spacial score (nSPS) is 15.3. The predicted molar refractivity (Wildman–Crippen MR) is 134 cm³/mol. The Hall–Kier alpha value is -4.39. The molecule has 2 amide bonds. The van der Waals surface area contributed by atoms with Crippen LogP contribution in [0.4, 0.5) is 23.7 Å². The number of anilines is 1. The quantitative estimate of drug-likeness (QED) is 0.389. The largest absolute Gasteiger partial charge is 0.573 e. The average Bonchev–Trinajstić information content (AvgIpc) is 2.90. The highest BCUT2D eigenvalue weighted by molar-refractivity contribution is 6.29. The number of amides is 2. The van der Waals surface area contributed by atoms with Crippen LogP contribution >= 0.6 is 11.6 Å². The highest BCUT2D eigenvalue weighted by Crippen LogP contribution is 2.34. The molecule has 1 unspecified atom stereocenters. The Morgan fingerprint density at radius 2 is 1.85 bits per heavy atom. The molecule has 0 saturated heterocycles. The van der Waals surface area contributed by atoms with Crippen LogP contribution in [0.3, 0.4) is 0 Å². The van der Waals surface area contributed by atoms with Crippen molar-refractivity contribution in [3.63, 3.8) is 0 Å². The number of aromatic nitrogens is 2. The van der Waals surface area contributed by atoms with Crippen LogP contribution in [-0.2, 0) is 11.3 Å². The highest BCUT2D eigenvalue weighted by atomic mass is 35.5. The zero-order valence-corrected chi connectivity index (χ0v) is 21.3. The van der Waals surface area contributed by atoms with Gasteiger partial charge in [-0.15, -0.1) is 23.4 Å². The monoisotopic (exact) mass is 563 g/mol. The summed E-state index contributed by atoms with van der Waals surface area (Å²) in [7, 11) is 1.22. The summed E-state index contributed by atoms with van der Waals surface area (Å²) in [4.78, 5) is 24.9. The predicted octanol–water partition coefficient (Wildman–Crippen LogP) is 5.42. The summed E-state index contributed by atoms with van der Waals surface area (Å²) in [5, 5.41) is 15.6. The minimum atomic E-state index is -4.93. The number of hydrogen-bond acceptors (Lipinski definition) is 8. The van der Waals surface area contributed by atoms with Gasteiger partial charge in [0.2, 0.25) is 0 Å². The molecule has 4 rings (SSSR count). The molecular formula is C25H21ClF3N5O5. The number of alkyl halides is 3. The maximum atomic E-state index is 12.9. The maximum Gasteiger partial charge on any atom is 0.573 e. The number of benzene rings is 2. The van der Waals surface area contributed by atoms with Crippen molar-refractivity contribution in [1.82, 2.24) is 15.2 Å². The average molecular weight is 564 g/mol. The highest BCUT2D eigenvalue weighted by Gasteiger charge is 2.34. The van der Waals surface area contributed by atoms with E-state index in [9.17, 15) is 22.8 Å². The van der Waals surface area contributed by atoms with Gasteiger partial charge in [-0.1, -0.05) is 30.7 Å². The topological polar surface area (TPSA) is 115 Å². The molecule has 0 aliphatic carbocycles. The van der Waals surface area contributed by atoms with Gasteiger partial charge in [-0.3, -0.25) is 4.79 Å². The Morgan fingerprint density at radius 1 is 1.10 bits per heavy atom. The fourth-order valence-corrected chi connectivity index (χ4v) is 3.73. The molecule has 0 bridgehead atoms. The van der Waals surface area contributed by atoms with Crippen molar-refractivity contribution in [2.75, 3.05) is 12.4 Å². The molecular weight excluding hydrogens is 543 g/mol. The SMILES string of the molecule is CCC1OC(=O)N(Cc2ccc(NC(=O)c3ccc(Cl)nn3)cc2)N=C1c1ccc(OC)c(OC(F)(F)F)c1. The Labute approximate surface area is 225 Å². The smallest absolute Gasteiger partial charge is 0.493 e. The molecule has 3 aromatic rings. The first-order valence-corrected chi connectivity index (χ1v) is 11.8. The molecule has 1 aromatic heterocycles. The lowest BCUT2D eigenvalue weighted by molar-refractivity contribution is -0.275. The molecule has 204 valence electrons. The molecule has 1 aliphatic rings. The first-order chi connectivity index (χ1) is 18.6. The van der Waals surface area contributed by atoms with Crippen molar-refractivity contribution in [2.45, 2.75) is 32.4 Å². The number of carbonyl (C=O) groups excluding carboxylic acids is 2. The van der Waals surface area contributed by atoms with E-state index in [2.05, 4.69) is 25.4 Å². The molecule has 1 atom stereocenters. The molecule has 10 nitrogen and oxygen atoms in total. The van der Waals surface area contributed by atoms with Gasteiger partial charge >= 0.3 is 12.5 Å². The fraction of sp³-hybridized carbons (Fsp3) is 0.240. The van der Waals surface area contributed by atoms with E-state index in [1.54, 1.807) is 31.2 Å². The number of methoxy groups -OCH3 is 1. The molecule has 2 aromatic carbocycles. The molecule has 0 fully saturated rings. The second-order valence-corrected chi connectivity index (χ2v) is 8.52. The van der Waals surface area contributed by atoms with Crippen molar-refractivity contribution < 1.29 is 37.0 Å². The first-order valence-electron chi connectivity index (χ1n) is 11.5. The van der Waals surface area contributed by atoms with Crippen LogP contribution < -0.4 is 14.8 Å². The van der Waals surface area contributed by atoms with Crippen LogP contribution in [0.5, 0.6) is 11.5 Å². The van der Waals surface area contributed by atoms with Crippen molar-refractivity contribution in [3.8, 4) is 11.5 Å². The van der Waals surface area contributed by atoms with E-state index < -0.39 is 30.2 Å². The van der Waals surface area contributed by atoms with Crippen molar-refractivity contribution >= 4 is 35.0 Å². The zero-order chi connectivity index (χ0) is 28.2. The summed E-state index contributed by atoms with van der Waals surface area (Å²) in [6.07, 6.45) is -6.10. The summed E-state index contributed by atoms with van der Waals surface area (Å²) in [6, 6.07) is 13.4. The van der Waals surface area contributed by atoms with Gasteiger partial charge in [0.25, 0.3) is 5.91 Å². The van der Waals surface area contributed by atoms with Gasteiger partial charge < -0.3 is 19.5 Å². The second-order valence-electron chi connectivity index (χ2n) is 8.13. The van der Waals surface area contributed by atoms with E-state index in [1.165, 1.54) is 31.4 Å². The fourth-order valence-electron chi connectivity index (χ4n) is 3.63. The van der Waals surface area contributed by atoms with Crippen LogP contribution in [0.25, 0.3) is 0 Å². The Morgan fingerprint density at radius 3 is 2.46 bits per heavy atom. The lowest BCUT2D eigenvalue weighted by Gasteiger charge is -2.29. The van der Waals surface area contributed by atoms with Gasteiger partial charge in [-0.05, 0) is 54.4 Å². The third kappa shape index (κ3) is 6.93. The Kier molecular flexibility index (Phi) is 8.19. The summed E-state index contributed by atoms with van der Waals surface area (Å²) in [5.41, 5.74) is 1.70. The Bertz CT molecular complexity index is 1380. The number of cyclic esters (lactones) is 1. The van der Waals surface area contributed by atoms with Gasteiger partial charge in [0.05, 0.1) is 13.7 Å². The second kappa shape index (κ2) is 11.6. The van der Waals surface area contributed by atoms with E-state index in [0.717, 1.165) is 11.1 Å². The minimum absolute atomic E-state index is 0.00226. The van der Waals surface area contributed by atoms with Crippen molar-refractivity contribution in [1.29, 1.82) is 0 Å². The summed E-state index contributed by atoms with van der Waals surface area (Å²) in [6.45, 7) is 1.75. The van der Waals surface area contributed by atoms with Gasteiger partial charge in [-0.25, -0.2) is 4.79 Å². The van der Waals surface area contributed by atoms with Crippen molar-refractivity contribution in [2.24, 2.45) is 5.10 Å². The molecule has 0 radical (unpaired) electrons. The lowest BCUT2D eigenvalue weighted by Crippen LogP contribution is -2.41. The maximum absolute atomic E-state index is 12.9. The third-order valence-corrected chi connectivity index (χ3v) is 5.65. The first kappa shape index (κ1) is 27.6. The zero-order valence-electron chi connectivity index (χ0n) is 20.5. The van der Waals surface area contributed by atoms with Crippen LogP contribution in [0, 0.1) is 0 Å². The van der Waals surface area contributed by atoms with Crippen molar-refractivity contribution in [3.05, 3.63) is 76.6 Å². The Balaban J connectivity index is 1.53. The molecule has 0 spiro atoms. The summed E-state index contributed by atoms with van der Waals surface area (Å²) in [5.74, 6) is -1.16. The number of hydrazone groups is 1. The van der Waals surface area contributed by atoms with Crippen LogP contribution in [-0.4, -0.2) is 52.5 Å². The van der Waals surface area contributed by atoms with Crippen LogP contribution in [0.2, 0.25) is 5.15 Å². The van der Waals surface area contributed by atoms with Gasteiger partial charge in [0.15, 0.2) is 22.3 Å². The molecule has 39 heavy (non-hydrogen) atoms. The van der Waals surface area contributed by atoms with E-state index >= 15 is 0 Å². The third-order valence-electron chi connectivity index (χ3n) is 5.45. The summed E-state index contributed by atoms with van der Waals surface area (Å²) >= 11 is 5.68. The van der Waals surface area contributed by atoms with E-state index in [-0.39, 0.29) is 34.4 Å². The van der Waals surface area contributed by atoms with E-state index in [1.807, 2.05) is 0 Å². The van der Waals surface area contributed by atoms with Crippen LogP contribution in [0.15, 0.2) is 59.7 Å². The van der Waals surface area contributed by atoms with Crippen LogP contribution in [0.1, 0.15) is 35.0 Å². The van der Waals surface area contributed by atoms with E-state index in [4.69, 9.17) is 21.1 Å². The number of hydrogen-bond donors (Lipinski definition) is 1. The van der Waals surface area contributed by atoms with E-state index in [0.29, 0.717) is 17.7 Å². The molecule has 1 aliphatic heterocycles. The number of nitrogens with zero attached hydrogens (tertiary/aromatic N) is 4. The molecule has 14 heteroatoms. The number of halogens is 4. The lowest BCUT2D eigenvalue weighted by atomic mass is 10.0.